The van der Waals surface area contributed by atoms with E-state index < -0.39 is 29.9 Å². The second-order valence-electron chi connectivity index (χ2n) is 5.79. The first kappa shape index (κ1) is 12.3. The molecule has 102 valence electrons. The Morgan fingerprint density at radius 2 is 1.72 bits per heavy atom. The van der Waals surface area contributed by atoms with E-state index in [1.807, 2.05) is 13.8 Å². The zero-order chi connectivity index (χ0) is 13.1. The minimum absolute atomic E-state index is 0.309. The van der Waals surface area contributed by atoms with Crippen LogP contribution in [0.2, 0.25) is 0 Å². The van der Waals surface area contributed by atoms with Gasteiger partial charge < -0.3 is 23.7 Å². The van der Waals surface area contributed by atoms with E-state index >= 15 is 0 Å². The van der Waals surface area contributed by atoms with Gasteiger partial charge in [0.05, 0.1) is 6.61 Å². The fraction of sp³-hybridized carbons (Fsp3) is 0.917. The topological polar surface area (TPSA) is 63.2 Å². The maximum absolute atomic E-state index is 11.7. The number of carbonyl (C=O) groups excluding carboxylic acids is 1. The van der Waals surface area contributed by atoms with Crippen molar-refractivity contribution >= 4 is 5.97 Å². The molecule has 3 aliphatic heterocycles. The molecule has 0 saturated carbocycles. The summed E-state index contributed by atoms with van der Waals surface area (Å²) in [5, 5.41) is 0. The van der Waals surface area contributed by atoms with Crippen LogP contribution in [0, 0.1) is 0 Å². The van der Waals surface area contributed by atoms with Crippen LogP contribution in [0.1, 0.15) is 27.7 Å². The molecule has 0 spiro atoms. The van der Waals surface area contributed by atoms with Crippen LogP contribution in [0.3, 0.4) is 0 Å². The maximum Gasteiger partial charge on any atom is 0.338 e. The summed E-state index contributed by atoms with van der Waals surface area (Å²) in [6.45, 7) is 7.61. The lowest BCUT2D eigenvalue weighted by molar-refractivity contribution is -0.200. The molecule has 4 atom stereocenters. The van der Waals surface area contributed by atoms with Gasteiger partial charge in [0.1, 0.15) is 12.2 Å². The highest BCUT2D eigenvalue weighted by atomic mass is 16.8. The molecule has 3 saturated heterocycles. The van der Waals surface area contributed by atoms with E-state index in [0.29, 0.717) is 6.61 Å². The van der Waals surface area contributed by atoms with Crippen molar-refractivity contribution in [1.82, 2.24) is 0 Å². The van der Waals surface area contributed by atoms with Gasteiger partial charge in [-0.15, -0.1) is 0 Å². The summed E-state index contributed by atoms with van der Waals surface area (Å²) in [6, 6.07) is 0. The zero-order valence-corrected chi connectivity index (χ0v) is 11.0. The Morgan fingerprint density at radius 3 is 2.33 bits per heavy atom. The first-order valence-electron chi connectivity index (χ1n) is 6.15. The molecule has 0 amide bonds. The van der Waals surface area contributed by atoms with Gasteiger partial charge in [-0.05, 0) is 27.7 Å². The Kier molecular flexibility index (Phi) is 2.51. The summed E-state index contributed by atoms with van der Waals surface area (Å²) < 4.78 is 27.8. The van der Waals surface area contributed by atoms with Gasteiger partial charge in [-0.2, -0.15) is 0 Å². The van der Waals surface area contributed by atoms with Gasteiger partial charge in [-0.1, -0.05) is 0 Å². The number of carbonyl (C=O) groups is 1. The van der Waals surface area contributed by atoms with Gasteiger partial charge in [0.15, 0.2) is 23.8 Å². The smallest absolute Gasteiger partial charge is 0.338 e. The Bertz CT molecular complexity index is 377. The van der Waals surface area contributed by atoms with E-state index in [9.17, 15) is 4.79 Å². The van der Waals surface area contributed by atoms with Crippen molar-refractivity contribution in [2.45, 2.75) is 63.7 Å². The molecule has 0 aromatic heterocycles. The summed E-state index contributed by atoms with van der Waals surface area (Å²) in [5.74, 6) is -1.80. The summed E-state index contributed by atoms with van der Waals surface area (Å²) in [7, 11) is 0. The Hall–Kier alpha value is -0.690. The van der Waals surface area contributed by atoms with Crippen LogP contribution < -0.4 is 0 Å². The first-order chi connectivity index (χ1) is 8.27. The van der Waals surface area contributed by atoms with Crippen molar-refractivity contribution in [3.63, 3.8) is 0 Å². The maximum atomic E-state index is 11.7. The van der Waals surface area contributed by atoms with E-state index in [4.69, 9.17) is 23.7 Å². The number of hydrogen-bond acceptors (Lipinski definition) is 6. The molecule has 0 aromatic carbocycles. The molecule has 0 aromatic rings. The number of rotatable bonds is 1. The molecule has 2 unspecified atom stereocenters. The zero-order valence-electron chi connectivity index (χ0n) is 11.0. The lowest BCUT2D eigenvalue weighted by atomic mass is 10.1. The monoisotopic (exact) mass is 258 g/mol. The third kappa shape index (κ3) is 1.93. The lowest BCUT2D eigenvalue weighted by Crippen LogP contribution is -2.40. The van der Waals surface area contributed by atoms with Crippen molar-refractivity contribution in [2.75, 3.05) is 6.61 Å². The Balaban J connectivity index is 1.77. The summed E-state index contributed by atoms with van der Waals surface area (Å²) in [4.78, 5) is 11.7. The van der Waals surface area contributed by atoms with Gasteiger partial charge in [0.2, 0.25) is 0 Å². The number of ether oxygens (including phenoxy) is 5. The van der Waals surface area contributed by atoms with Crippen LogP contribution in [0.4, 0.5) is 0 Å². The molecule has 0 N–H and O–H groups in total. The fourth-order valence-electron chi connectivity index (χ4n) is 2.64. The first-order valence-corrected chi connectivity index (χ1v) is 6.15. The van der Waals surface area contributed by atoms with Crippen LogP contribution >= 0.6 is 0 Å². The van der Waals surface area contributed by atoms with Gasteiger partial charge >= 0.3 is 5.97 Å². The molecule has 18 heavy (non-hydrogen) atoms. The normalized spacial score (nSPS) is 45.0. The second-order valence-corrected chi connectivity index (χ2v) is 5.79. The molecule has 0 radical (unpaired) electrons. The molecule has 6 heteroatoms. The van der Waals surface area contributed by atoms with E-state index in [-0.39, 0.29) is 12.1 Å². The summed E-state index contributed by atoms with van der Waals surface area (Å²) >= 11 is 0. The van der Waals surface area contributed by atoms with E-state index in [1.165, 1.54) is 0 Å². The number of fused-ring (bicyclic) bond motifs is 1. The molecule has 0 aliphatic carbocycles. The minimum Gasteiger partial charge on any atom is -0.455 e. The largest absolute Gasteiger partial charge is 0.455 e. The summed E-state index contributed by atoms with van der Waals surface area (Å²) in [5.41, 5.74) is 0. The summed E-state index contributed by atoms with van der Waals surface area (Å²) in [6.07, 6.45) is -1.85. The third-order valence-corrected chi connectivity index (χ3v) is 3.33. The van der Waals surface area contributed by atoms with Gasteiger partial charge in [0.25, 0.3) is 0 Å². The third-order valence-electron chi connectivity index (χ3n) is 3.33. The molecule has 3 heterocycles. The molecule has 3 aliphatic rings. The second kappa shape index (κ2) is 3.66. The van der Waals surface area contributed by atoms with Gasteiger partial charge in [0, 0.05) is 0 Å². The van der Waals surface area contributed by atoms with E-state index in [1.54, 1.807) is 13.8 Å². The number of hydrogen-bond donors (Lipinski definition) is 0. The van der Waals surface area contributed by atoms with E-state index in [0.717, 1.165) is 0 Å². The molecule has 0 bridgehead atoms. The lowest BCUT2D eigenvalue weighted by Gasteiger charge is -2.25. The fourth-order valence-corrected chi connectivity index (χ4v) is 2.64. The van der Waals surface area contributed by atoms with Crippen molar-refractivity contribution in [2.24, 2.45) is 0 Å². The van der Waals surface area contributed by atoms with Crippen LogP contribution in [0.15, 0.2) is 0 Å². The van der Waals surface area contributed by atoms with E-state index in [2.05, 4.69) is 0 Å². The van der Waals surface area contributed by atoms with Crippen molar-refractivity contribution < 1.29 is 28.5 Å². The molecule has 6 nitrogen and oxygen atoms in total. The highest BCUT2D eigenvalue weighted by Crippen LogP contribution is 2.39. The van der Waals surface area contributed by atoms with Gasteiger partial charge in [-0.3, -0.25) is 0 Å². The van der Waals surface area contributed by atoms with Crippen molar-refractivity contribution in [3.8, 4) is 0 Å². The molecular weight excluding hydrogens is 240 g/mol. The van der Waals surface area contributed by atoms with Crippen LogP contribution in [-0.4, -0.2) is 48.6 Å². The Labute approximate surface area is 105 Å². The standard InChI is InChI=1S/C12H18O6/c1-11(2)14-5-6(16-11)7-8-9(10(13)15-7)18-12(3,4)17-8/h6-9H,5H2,1-4H3/t6?,7-,8+,9?/m1/s1. The minimum atomic E-state index is -0.762. The van der Waals surface area contributed by atoms with Crippen molar-refractivity contribution in [3.05, 3.63) is 0 Å². The van der Waals surface area contributed by atoms with Crippen LogP contribution in [0.5, 0.6) is 0 Å². The van der Waals surface area contributed by atoms with Crippen molar-refractivity contribution in [1.29, 1.82) is 0 Å². The van der Waals surface area contributed by atoms with Crippen LogP contribution in [-0.2, 0) is 28.5 Å². The highest BCUT2D eigenvalue weighted by Gasteiger charge is 2.59. The number of esters is 1. The SMILES string of the molecule is CC1(C)OCC([C@H]2OC(=O)C3OC(C)(C)O[C@H]32)O1. The average Bonchev–Trinajstić information content (AvgIpc) is 2.81. The quantitative estimate of drug-likeness (QED) is 0.641. The molecule has 3 fully saturated rings. The molecule has 3 rings (SSSR count). The average molecular weight is 258 g/mol. The Morgan fingerprint density at radius 1 is 1.00 bits per heavy atom. The van der Waals surface area contributed by atoms with Crippen LogP contribution in [0.25, 0.3) is 0 Å². The predicted octanol–water partition coefficient (Wildman–Crippen LogP) is 0.583. The number of cyclic esters (lactones) is 1. The molecular formula is C12H18O6. The highest BCUT2D eigenvalue weighted by molar-refractivity contribution is 5.78. The van der Waals surface area contributed by atoms with Gasteiger partial charge in [-0.25, -0.2) is 4.79 Å². The predicted molar refractivity (Wildman–Crippen MR) is 58.6 cm³/mol.